The first-order valence-corrected chi connectivity index (χ1v) is 8.47. The Morgan fingerprint density at radius 3 is 3.00 bits per heavy atom. The topological polar surface area (TPSA) is 88.8 Å². The standard InChI is InChI=1S/C18H20N6O/c1-3-13-7-16(25-24-13)11(2)21-18-14-9-20-10-15(14)22-17(23-18)12-5-4-6-19-8-12/h4-8,11,20H,3,9-10H2,1-2H3,(H,21,22,23). The van der Waals surface area contributed by atoms with E-state index in [9.17, 15) is 0 Å². The Kier molecular flexibility index (Phi) is 4.15. The number of nitrogens with zero attached hydrogens (tertiary/aromatic N) is 4. The Morgan fingerprint density at radius 1 is 1.32 bits per heavy atom. The number of pyridine rings is 1. The number of anilines is 1. The van der Waals surface area contributed by atoms with Crippen molar-refractivity contribution in [2.45, 2.75) is 39.4 Å². The summed E-state index contributed by atoms with van der Waals surface area (Å²) >= 11 is 0. The average molecular weight is 336 g/mol. The van der Waals surface area contributed by atoms with Crippen LogP contribution in [-0.2, 0) is 19.5 Å². The molecule has 0 saturated carbocycles. The normalized spacial score (nSPS) is 14.3. The van der Waals surface area contributed by atoms with E-state index in [1.807, 2.05) is 25.1 Å². The molecule has 0 bridgehead atoms. The maximum atomic E-state index is 5.44. The predicted octanol–water partition coefficient (Wildman–Crippen LogP) is 2.87. The molecule has 25 heavy (non-hydrogen) atoms. The third-order valence-corrected chi connectivity index (χ3v) is 4.33. The Hall–Kier alpha value is -2.80. The highest BCUT2D eigenvalue weighted by atomic mass is 16.5. The third-order valence-electron chi connectivity index (χ3n) is 4.33. The molecule has 128 valence electrons. The minimum absolute atomic E-state index is 0.0332. The van der Waals surface area contributed by atoms with Crippen LogP contribution in [0.1, 0.15) is 42.6 Å². The van der Waals surface area contributed by atoms with E-state index in [2.05, 4.69) is 27.7 Å². The van der Waals surface area contributed by atoms with Crippen LogP contribution in [0, 0.1) is 0 Å². The first kappa shape index (κ1) is 15.7. The lowest BCUT2D eigenvalue weighted by molar-refractivity contribution is 0.368. The SMILES string of the molecule is CCc1cc(C(C)Nc2nc(-c3cccnc3)nc3c2CNC3)on1. The molecule has 0 saturated heterocycles. The molecule has 1 aliphatic heterocycles. The Bertz CT molecular complexity index is 877. The first-order valence-electron chi connectivity index (χ1n) is 8.47. The predicted molar refractivity (Wildman–Crippen MR) is 93.7 cm³/mol. The molecule has 3 aromatic rings. The molecule has 7 heteroatoms. The molecule has 1 aliphatic rings. The van der Waals surface area contributed by atoms with E-state index in [-0.39, 0.29) is 6.04 Å². The van der Waals surface area contributed by atoms with Crippen molar-refractivity contribution in [2.75, 3.05) is 5.32 Å². The average Bonchev–Trinajstić information content (AvgIpc) is 3.31. The van der Waals surface area contributed by atoms with Crippen molar-refractivity contribution in [3.8, 4) is 11.4 Å². The third kappa shape index (κ3) is 3.10. The quantitative estimate of drug-likeness (QED) is 0.740. The van der Waals surface area contributed by atoms with Crippen LogP contribution in [0.3, 0.4) is 0 Å². The largest absolute Gasteiger partial charge is 0.360 e. The van der Waals surface area contributed by atoms with Gasteiger partial charge in [-0.2, -0.15) is 0 Å². The molecule has 1 unspecified atom stereocenters. The molecule has 0 radical (unpaired) electrons. The Morgan fingerprint density at radius 2 is 2.24 bits per heavy atom. The van der Waals surface area contributed by atoms with Crippen LogP contribution in [0.15, 0.2) is 35.1 Å². The second kappa shape index (κ2) is 6.60. The minimum Gasteiger partial charge on any atom is -0.360 e. The number of fused-ring (bicyclic) bond motifs is 1. The van der Waals surface area contributed by atoms with Gasteiger partial charge < -0.3 is 15.2 Å². The van der Waals surface area contributed by atoms with E-state index in [4.69, 9.17) is 14.5 Å². The zero-order chi connectivity index (χ0) is 17.2. The summed E-state index contributed by atoms with van der Waals surface area (Å²) in [7, 11) is 0. The summed E-state index contributed by atoms with van der Waals surface area (Å²) in [5.74, 6) is 2.31. The highest BCUT2D eigenvalue weighted by Crippen LogP contribution is 2.28. The number of aryl methyl sites for hydroxylation is 1. The summed E-state index contributed by atoms with van der Waals surface area (Å²) in [5.41, 5.74) is 3.99. The van der Waals surface area contributed by atoms with Crippen molar-refractivity contribution in [2.24, 2.45) is 0 Å². The molecule has 2 N–H and O–H groups in total. The molecule has 0 spiro atoms. The van der Waals surface area contributed by atoms with Gasteiger partial charge in [-0.1, -0.05) is 12.1 Å². The zero-order valence-electron chi connectivity index (χ0n) is 14.3. The van der Waals surface area contributed by atoms with Gasteiger partial charge in [-0.15, -0.1) is 0 Å². The van der Waals surface area contributed by atoms with Gasteiger partial charge in [0, 0.05) is 42.7 Å². The van der Waals surface area contributed by atoms with E-state index in [0.29, 0.717) is 5.82 Å². The van der Waals surface area contributed by atoms with Gasteiger partial charge in [0.2, 0.25) is 0 Å². The molecule has 0 aliphatic carbocycles. The van der Waals surface area contributed by atoms with Crippen LogP contribution < -0.4 is 10.6 Å². The lowest BCUT2D eigenvalue weighted by Gasteiger charge is -2.15. The highest BCUT2D eigenvalue weighted by molar-refractivity contribution is 5.60. The van der Waals surface area contributed by atoms with Crippen molar-refractivity contribution in [3.63, 3.8) is 0 Å². The smallest absolute Gasteiger partial charge is 0.163 e. The van der Waals surface area contributed by atoms with Gasteiger partial charge in [0.15, 0.2) is 11.6 Å². The number of aromatic nitrogens is 4. The Balaban J connectivity index is 1.67. The van der Waals surface area contributed by atoms with Crippen LogP contribution in [0.5, 0.6) is 0 Å². The van der Waals surface area contributed by atoms with E-state index < -0.39 is 0 Å². The molecule has 1 atom stereocenters. The fraction of sp³-hybridized carbons (Fsp3) is 0.333. The summed E-state index contributed by atoms with van der Waals surface area (Å²) in [5, 5.41) is 10.9. The van der Waals surface area contributed by atoms with Crippen LogP contribution in [0.2, 0.25) is 0 Å². The van der Waals surface area contributed by atoms with Gasteiger partial charge in [0.05, 0.1) is 17.4 Å². The second-order valence-corrected chi connectivity index (χ2v) is 6.11. The molecule has 7 nitrogen and oxygen atoms in total. The molecule has 0 amide bonds. The van der Waals surface area contributed by atoms with Crippen LogP contribution in [-0.4, -0.2) is 20.1 Å². The highest BCUT2D eigenvalue weighted by Gasteiger charge is 2.22. The van der Waals surface area contributed by atoms with E-state index in [1.165, 1.54) is 0 Å². The second-order valence-electron chi connectivity index (χ2n) is 6.11. The van der Waals surface area contributed by atoms with E-state index >= 15 is 0 Å². The number of hydrogen-bond donors (Lipinski definition) is 2. The van der Waals surface area contributed by atoms with E-state index in [1.54, 1.807) is 12.4 Å². The first-order chi connectivity index (χ1) is 12.2. The van der Waals surface area contributed by atoms with Crippen LogP contribution in [0.4, 0.5) is 5.82 Å². The lowest BCUT2D eigenvalue weighted by Crippen LogP contribution is -2.11. The van der Waals surface area contributed by atoms with Crippen molar-refractivity contribution in [1.82, 2.24) is 25.4 Å². The van der Waals surface area contributed by atoms with Crippen molar-refractivity contribution in [1.29, 1.82) is 0 Å². The minimum atomic E-state index is -0.0332. The van der Waals surface area contributed by atoms with E-state index in [0.717, 1.165) is 53.6 Å². The summed E-state index contributed by atoms with van der Waals surface area (Å²) < 4.78 is 5.44. The Labute approximate surface area is 145 Å². The van der Waals surface area contributed by atoms with Crippen LogP contribution in [0.25, 0.3) is 11.4 Å². The molecule has 4 rings (SSSR count). The molecule has 3 aromatic heterocycles. The van der Waals surface area contributed by atoms with Gasteiger partial charge in [0.25, 0.3) is 0 Å². The monoisotopic (exact) mass is 336 g/mol. The molecular weight excluding hydrogens is 316 g/mol. The molecule has 4 heterocycles. The van der Waals surface area contributed by atoms with Crippen LogP contribution >= 0.6 is 0 Å². The lowest BCUT2D eigenvalue weighted by atomic mass is 10.2. The van der Waals surface area contributed by atoms with Gasteiger partial charge >= 0.3 is 0 Å². The number of nitrogens with one attached hydrogen (secondary N) is 2. The summed E-state index contributed by atoms with van der Waals surface area (Å²) in [4.78, 5) is 13.6. The fourth-order valence-electron chi connectivity index (χ4n) is 2.89. The molecule has 0 aromatic carbocycles. The molecule has 0 fully saturated rings. The van der Waals surface area contributed by atoms with Gasteiger partial charge in [-0.25, -0.2) is 9.97 Å². The maximum absolute atomic E-state index is 5.44. The van der Waals surface area contributed by atoms with Gasteiger partial charge in [0.1, 0.15) is 5.82 Å². The maximum Gasteiger partial charge on any atom is 0.163 e. The summed E-state index contributed by atoms with van der Waals surface area (Å²) in [6.07, 6.45) is 4.38. The number of hydrogen-bond acceptors (Lipinski definition) is 7. The van der Waals surface area contributed by atoms with Crippen molar-refractivity contribution >= 4 is 5.82 Å². The fourth-order valence-corrected chi connectivity index (χ4v) is 2.89. The van der Waals surface area contributed by atoms with Crippen molar-refractivity contribution < 1.29 is 4.52 Å². The van der Waals surface area contributed by atoms with Gasteiger partial charge in [-0.05, 0) is 25.5 Å². The van der Waals surface area contributed by atoms with Crippen molar-refractivity contribution in [3.05, 3.63) is 53.3 Å². The van der Waals surface area contributed by atoms with Gasteiger partial charge in [-0.3, -0.25) is 4.98 Å². The molecular formula is C18H20N6O. The zero-order valence-corrected chi connectivity index (χ0v) is 14.3. The summed E-state index contributed by atoms with van der Waals surface area (Å²) in [6.45, 7) is 5.61. The summed E-state index contributed by atoms with van der Waals surface area (Å²) in [6, 6.07) is 5.81. The number of rotatable bonds is 5.